The van der Waals surface area contributed by atoms with Crippen LogP contribution in [0.25, 0.3) is 0 Å². The third-order valence-electron chi connectivity index (χ3n) is 2.52. The molecule has 0 spiro atoms. The number of nitrogens with one attached hydrogen (secondary N) is 3. The lowest BCUT2D eigenvalue weighted by atomic mass is 10.2. The lowest BCUT2D eigenvalue weighted by molar-refractivity contribution is -0.144. The fourth-order valence-corrected chi connectivity index (χ4v) is 1.88. The highest BCUT2D eigenvalue weighted by Gasteiger charge is 2.11. The highest BCUT2D eigenvalue weighted by Crippen LogP contribution is 2.13. The van der Waals surface area contributed by atoms with Crippen LogP contribution in [0.2, 0.25) is 5.02 Å². The number of carbonyl (C=O) groups is 3. The van der Waals surface area contributed by atoms with Crippen LogP contribution in [-0.4, -0.2) is 29.5 Å². The Morgan fingerprint density at radius 1 is 1.17 bits per heavy atom. The smallest absolute Gasteiger partial charge is 0.306 e. The monoisotopic (exact) mass is 357 g/mol. The van der Waals surface area contributed by atoms with Crippen LogP contribution in [0.15, 0.2) is 24.3 Å². The van der Waals surface area contributed by atoms with Crippen molar-refractivity contribution in [2.24, 2.45) is 0 Å². The number of halogens is 1. The van der Waals surface area contributed by atoms with E-state index in [1.54, 1.807) is 31.2 Å². The molecule has 2 amide bonds. The molecule has 0 heterocycles. The zero-order valence-corrected chi connectivity index (χ0v) is 13.9. The minimum atomic E-state index is -0.501. The van der Waals surface area contributed by atoms with Gasteiger partial charge in [-0.2, -0.15) is 0 Å². The predicted molar refractivity (Wildman–Crippen MR) is 88.7 cm³/mol. The first-order valence-electron chi connectivity index (χ1n) is 6.74. The molecule has 0 aromatic heterocycles. The van der Waals surface area contributed by atoms with Crippen LogP contribution in [0.5, 0.6) is 0 Å². The molecular formula is C14H16ClN3O4S. The number of rotatable bonds is 5. The van der Waals surface area contributed by atoms with Crippen LogP contribution in [0, 0.1) is 0 Å². The van der Waals surface area contributed by atoms with Gasteiger partial charge in [0, 0.05) is 6.42 Å². The average Bonchev–Trinajstić information content (AvgIpc) is 2.51. The third-order valence-corrected chi connectivity index (χ3v) is 3.06. The van der Waals surface area contributed by atoms with E-state index < -0.39 is 17.8 Å². The zero-order chi connectivity index (χ0) is 17.2. The molecule has 0 bridgehead atoms. The molecule has 23 heavy (non-hydrogen) atoms. The second-order valence-corrected chi connectivity index (χ2v) is 5.06. The van der Waals surface area contributed by atoms with Crippen molar-refractivity contribution in [2.45, 2.75) is 19.8 Å². The second-order valence-electron chi connectivity index (χ2n) is 4.24. The van der Waals surface area contributed by atoms with Crippen molar-refractivity contribution < 1.29 is 19.1 Å². The summed E-state index contributed by atoms with van der Waals surface area (Å²) in [4.78, 5) is 34.5. The Labute approximate surface area is 143 Å². The minimum absolute atomic E-state index is 0.0474. The summed E-state index contributed by atoms with van der Waals surface area (Å²) in [6.07, 6.45) is -0.118. The number of ether oxygens (including phenoxy) is 1. The van der Waals surface area contributed by atoms with Gasteiger partial charge in [-0.3, -0.25) is 25.2 Å². The van der Waals surface area contributed by atoms with Crippen LogP contribution >= 0.6 is 23.8 Å². The molecule has 0 fully saturated rings. The van der Waals surface area contributed by atoms with Crippen molar-refractivity contribution >= 4 is 46.7 Å². The van der Waals surface area contributed by atoms with Crippen molar-refractivity contribution in [1.82, 2.24) is 16.2 Å². The van der Waals surface area contributed by atoms with E-state index in [1.165, 1.54) is 0 Å². The van der Waals surface area contributed by atoms with E-state index in [9.17, 15) is 14.4 Å². The maximum Gasteiger partial charge on any atom is 0.306 e. The summed E-state index contributed by atoms with van der Waals surface area (Å²) in [5, 5.41) is 2.51. The van der Waals surface area contributed by atoms with Crippen LogP contribution in [0.3, 0.4) is 0 Å². The molecule has 0 saturated heterocycles. The number of amides is 2. The summed E-state index contributed by atoms with van der Waals surface area (Å²) >= 11 is 10.7. The molecule has 1 aromatic carbocycles. The SMILES string of the molecule is CCOC(=O)CCC(=O)NC(=S)NNC(=O)c1ccccc1Cl. The van der Waals surface area contributed by atoms with E-state index in [0.29, 0.717) is 0 Å². The first-order valence-corrected chi connectivity index (χ1v) is 7.53. The maximum absolute atomic E-state index is 11.9. The zero-order valence-electron chi connectivity index (χ0n) is 12.3. The van der Waals surface area contributed by atoms with E-state index in [2.05, 4.69) is 16.2 Å². The number of thiocarbonyl (C=S) groups is 1. The van der Waals surface area contributed by atoms with Crippen molar-refractivity contribution in [3.63, 3.8) is 0 Å². The van der Waals surface area contributed by atoms with Crippen LogP contribution in [0.1, 0.15) is 30.1 Å². The summed E-state index contributed by atoms with van der Waals surface area (Å²) in [5.74, 6) is -1.44. The molecule has 7 nitrogen and oxygen atoms in total. The molecule has 0 atom stereocenters. The van der Waals surface area contributed by atoms with Gasteiger partial charge in [0.15, 0.2) is 5.11 Å². The van der Waals surface area contributed by atoms with Crippen molar-refractivity contribution in [2.75, 3.05) is 6.61 Å². The molecule has 0 radical (unpaired) electrons. The van der Waals surface area contributed by atoms with Gasteiger partial charge in [0.25, 0.3) is 5.91 Å². The number of carbonyl (C=O) groups excluding carboxylic acids is 3. The molecule has 0 aliphatic rings. The van der Waals surface area contributed by atoms with Crippen LogP contribution < -0.4 is 16.2 Å². The van der Waals surface area contributed by atoms with Crippen LogP contribution in [-0.2, 0) is 14.3 Å². The van der Waals surface area contributed by atoms with Crippen LogP contribution in [0.4, 0.5) is 0 Å². The molecule has 124 valence electrons. The van der Waals surface area contributed by atoms with Gasteiger partial charge >= 0.3 is 5.97 Å². The molecule has 0 saturated carbocycles. The summed E-state index contributed by atoms with van der Waals surface area (Å²) < 4.78 is 4.70. The Bertz CT molecular complexity index is 609. The maximum atomic E-state index is 11.9. The fraction of sp³-hybridized carbons (Fsp3) is 0.286. The highest BCUT2D eigenvalue weighted by atomic mass is 35.5. The number of hydrazine groups is 1. The van der Waals surface area contributed by atoms with Gasteiger partial charge in [0.1, 0.15) is 0 Å². The first kappa shape index (κ1) is 18.9. The van der Waals surface area contributed by atoms with Gasteiger partial charge in [0.2, 0.25) is 5.91 Å². The first-order chi connectivity index (χ1) is 10.9. The normalized spacial score (nSPS) is 9.65. The fourth-order valence-electron chi connectivity index (χ4n) is 1.50. The van der Waals surface area contributed by atoms with Crippen molar-refractivity contribution in [3.05, 3.63) is 34.9 Å². The van der Waals surface area contributed by atoms with Gasteiger partial charge in [-0.05, 0) is 31.3 Å². The van der Waals surface area contributed by atoms with Gasteiger partial charge in [0.05, 0.1) is 23.6 Å². The lowest BCUT2D eigenvalue weighted by Crippen LogP contribution is -2.48. The number of benzene rings is 1. The number of hydrogen-bond donors (Lipinski definition) is 3. The summed E-state index contributed by atoms with van der Waals surface area (Å²) in [5.41, 5.74) is 4.95. The second kappa shape index (κ2) is 9.75. The quantitative estimate of drug-likeness (QED) is 0.418. The van der Waals surface area contributed by atoms with Gasteiger partial charge in [-0.15, -0.1) is 0 Å². The Kier molecular flexibility index (Phi) is 8.00. The summed E-state index contributed by atoms with van der Waals surface area (Å²) in [6.45, 7) is 1.94. The highest BCUT2D eigenvalue weighted by molar-refractivity contribution is 7.80. The largest absolute Gasteiger partial charge is 0.466 e. The molecule has 3 N–H and O–H groups in total. The molecular weight excluding hydrogens is 342 g/mol. The van der Waals surface area contributed by atoms with Gasteiger partial charge in [-0.25, -0.2) is 0 Å². The Hall–Kier alpha value is -2.19. The average molecular weight is 358 g/mol. The summed E-state index contributed by atoms with van der Waals surface area (Å²) in [7, 11) is 0. The lowest BCUT2D eigenvalue weighted by Gasteiger charge is -2.11. The third kappa shape index (κ3) is 7.07. The Morgan fingerprint density at radius 2 is 1.87 bits per heavy atom. The van der Waals surface area contributed by atoms with Crippen molar-refractivity contribution in [1.29, 1.82) is 0 Å². The number of esters is 1. The molecule has 1 aromatic rings. The minimum Gasteiger partial charge on any atom is -0.466 e. The summed E-state index contributed by atoms with van der Waals surface area (Å²) in [6, 6.07) is 6.48. The molecule has 1 rings (SSSR count). The Balaban J connectivity index is 2.34. The van der Waals surface area contributed by atoms with Gasteiger partial charge < -0.3 is 10.1 Å². The van der Waals surface area contributed by atoms with E-state index in [1.807, 2.05) is 0 Å². The van der Waals surface area contributed by atoms with E-state index >= 15 is 0 Å². The Morgan fingerprint density at radius 3 is 2.52 bits per heavy atom. The molecule has 9 heteroatoms. The number of hydrogen-bond acceptors (Lipinski definition) is 5. The van der Waals surface area contributed by atoms with E-state index in [-0.39, 0.29) is 35.1 Å². The topological polar surface area (TPSA) is 96.5 Å². The van der Waals surface area contributed by atoms with E-state index in [4.69, 9.17) is 28.6 Å². The van der Waals surface area contributed by atoms with Gasteiger partial charge in [-0.1, -0.05) is 23.7 Å². The standard InChI is InChI=1S/C14H16ClN3O4S/c1-2-22-12(20)8-7-11(19)16-14(23)18-17-13(21)9-5-3-4-6-10(9)15/h3-6H,2,7-8H2,1H3,(H,17,21)(H2,16,18,19,23). The molecule has 0 unspecified atom stereocenters. The predicted octanol–water partition coefficient (Wildman–Crippen LogP) is 1.32. The molecule has 0 aliphatic carbocycles. The van der Waals surface area contributed by atoms with Crippen molar-refractivity contribution in [3.8, 4) is 0 Å². The van der Waals surface area contributed by atoms with E-state index in [0.717, 1.165) is 0 Å². The molecule has 0 aliphatic heterocycles.